The van der Waals surface area contributed by atoms with Crippen LogP contribution in [0.15, 0.2) is 42.5 Å². The minimum Gasteiger partial charge on any atom is -0.508 e. The number of nitrogens with one attached hydrogen (secondary N) is 2. The molecule has 126 valence electrons. The molecule has 25 heavy (non-hydrogen) atoms. The maximum Gasteiger partial charge on any atom is 0.224 e. The van der Waals surface area contributed by atoms with Crippen LogP contribution < -0.4 is 15.8 Å². The lowest BCUT2D eigenvalue weighted by molar-refractivity contribution is 0.340. The summed E-state index contributed by atoms with van der Waals surface area (Å²) >= 11 is 0. The van der Waals surface area contributed by atoms with Crippen LogP contribution in [0.1, 0.15) is 6.92 Å². The SMILES string of the molecule is CCOc1cccc(Nc2nc(N)nc3[nH]c4ccc(O)cc4c23)c1. The van der Waals surface area contributed by atoms with E-state index in [-0.39, 0.29) is 11.7 Å². The molecule has 2 aromatic carbocycles. The van der Waals surface area contributed by atoms with Crippen LogP contribution in [0, 0.1) is 0 Å². The summed E-state index contributed by atoms with van der Waals surface area (Å²) in [4.78, 5) is 11.8. The number of nitrogens with two attached hydrogens (primary N) is 1. The van der Waals surface area contributed by atoms with Crippen molar-refractivity contribution in [1.29, 1.82) is 0 Å². The highest BCUT2D eigenvalue weighted by atomic mass is 16.5. The van der Waals surface area contributed by atoms with Gasteiger partial charge in [0.25, 0.3) is 0 Å². The Balaban J connectivity index is 1.87. The van der Waals surface area contributed by atoms with Gasteiger partial charge in [-0.2, -0.15) is 9.97 Å². The number of ether oxygens (including phenoxy) is 1. The second-order valence-electron chi connectivity index (χ2n) is 5.59. The number of nitrogen functional groups attached to an aromatic ring is 1. The van der Waals surface area contributed by atoms with Crippen LogP contribution in [0.4, 0.5) is 17.5 Å². The van der Waals surface area contributed by atoms with Crippen molar-refractivity contribution in [3.8, 4) is 11.5 Å². The van der Waals surface area contributed by atoms with Crippen LogP contribution in [0.3, 0.4) is 0 Å². The van der Waals surface area contributed by atoms with Gasteiger partial charge in [-0.25, -0.2) is 0 Å². The average molecular weight is 335 g/mol. The molecular weight excluding hydrogens is 318 g/mol. The Labute approximate surface area is 143 Å². The number of rotatable bonds is 4. The van der Waals surface area contributed by atoms with Gasteiger partial charge in [0.2, 0.25) is 5.95 Å². The second-order valence-corrected chi connectivity index (χ2v) is 5.59. The number of anilines is 3. The van der Waals surface area contributed by atoms with Crippen molar-refractivity contribution in [2.45, 2.75) is 6.92 Å². The number of benzene rings is 2. The standard InChI is InChI=1S/C18H17N5O2/c1-2-25-12-5-3-4-10(8-12)20-16-15-13-9-11(24)6-7-14(13)21-17(15)23-18(19)22-16/h3-9,24H,2H2,1H3,(H4,19,20,21,22,23). The van der Waals surface area contributed by atoms with Gasteiger partial charge in [-0.05, 0) is 37.3 Å². The van der Waals surface area contributed by atoms with Crippen molar-refractivity contribution in [3.63, 3.8) is 0 Å². The third-order valence-electron chi connectivity index (χ3n) is 3.86. The summed E-state index contributed by atoms with van der Waals surface area (Å²) in [6.45, 7) is 2.53. The van der Waals surface area contributed by atoms with E-state index >= 15 is 0 Å². The molecule has 4 aromatic rings. The van der Waals surface area contributed by atoms with E-state index in [2.05, 4.69) is 20.3 Å². The van der Waals surface area contributed by atoms with Gasteiger partial charge in [0.15, 0.2) is 0 Å². The van der Waals surface area contributed by atoms with Crippen molar-refractivity contribution in [1.82, 2.24) is 15.0 Å². The van der Waals surface area contributed by atoms with E-state index in [1.54, 1.807) is 18.2 Å². The molecule has 7 heteroatoms. The Morgan fingerprint density at radius 3 is 2.92 bits per heavy atom. The number of hydrogen-bond donors (Lipinski definition) is 4. The van der Waals surface area contributed by atoms with E-state index in [1.807, 2.05) is 31.2 Å². The lowest BCUT2D eigenvalue weighted by atomic mass is 10.2. The van der Waals surface area contributed by atoms with E-state index < -0.39 is 0 Å². The normalized spacial score (nSPS) is 11.1. The Kier molecular flexibility index (Phi) is 3.53. The second kappa shape index (κ2) is 5.86. The largest absolute Gasteiger partial charge is 0.508 e. The number of aromatic amines is 1. The molecule has 0 unspecified atom stereocenters. The van der Waals surface area contributed by atoms with Crippen LogP contribution in [0.5, 0.6) is 11.5 Å². The number of H-pyrrole nitrogens is 1. The topological polar surface area (TPSA) is 109 Å². The summed E-state index contributed by atoms with van der Waals surface area (Å²) < 4.78 is 5.53. The number of aromatic nitrogens is 3. The van der Waals surface area contributed by atoms with E-state index in [0.29, 0.717) is 18.1 Å². The predicted octanol–water partition coefficient (Wildman–Crippen LogP) is 3.54. The van der Waals surface area contributed by atoms with Crippen molar-refractivity contribution in [3.05, 3.63) is 42.5 Å². The Morgan fingerprint density at radius 2 is 2.08 bits per heavy atom. The molecule has 0 spiro atoms. The fourth-order valence-corrected chi connectivity index (χ4v) is 2.86. The molecule has 0 amide bonds. The lowest BCUT2D eigenvalue weighted by Gasteiger charge is -2.10. The van der Waals surface area contributed by atoms with E-state index in [4.69, 9.17) is 10.5 Å². The van der Waals surface area contributed by atoms with Gasteiger partial charge in [-0.15, -0.1) is 0 Å². The summed E-state index contributed by atoms with van der Waals surface area (Å²) in [6.07, 6.45) is 0. The monoisotopic (exact) mass is 335 g/mol. The maximum absolute atomic E-state index is 9.82. The van der Waals surface area contributed by atoms with Crippen LogP contribution >= 0.6 is 0 Å². The summed E-state index contributed by atoms with van der Waals surface area (Å²) in [5, 5.41) is 14.7. The summed E-state index contributed by atoms with van der Waals surface area (Å²) in [7, 11) is 0. The van der Waals surface area contributed by atoms with Crippen LogP contribution in [0.25, 0.3) is 21.9 Å². The molecule has 2 aromatic heterocycles. The summed E-state index contributed by atoms with van der Waals surface area (Å²) in [6, 6.07) is 12.7. The van der Waals surface area contributed by atoms with Gasteiger partial charge < -0.3 is 25.9 Å². The molecule has 0 atom stereocenters. The van der Waals surface area contributed by atoms with Crippen LogP contribution in [-0.2, 0) is 0 Å². The lowest BCUT2D eigenvalue weighted by Crippen LogP contribution is -2.01. The predicted molar refractivity (Wildman–Crippen MR) is 98.4 cm³/mol. The van der Waals surface area contributed by atoms with Gasteiger partial charge in [-0.3, -0.25) is 0 Å². The molecule has 0 aliphatic carbocycles. The Bertz CT molecular complexity index is 1070. The first kappa shape index (κ1) is 15.1. The molecule has 0 fully saturated rings. The fraction of sp³-hybridized carbons (Fsp3) is 0.111. The zero-order valence-electron chi connectivity index (χ0n) is 13.6. The van der Waals surface area contributed by atoms with Gasteiger partial charge in [0, 0.05) is 22.7 Å². The molecule has 0 aliphatic rings. The molecule has 0 aliphatic heterocycles. The Hall–Kier alpha value is -3.48. The number of phenolic OH excluding ortho intramolecular Hbond substituents is 1. The highest BCUT2D eigenvalue weighted by Crippen LogP contribution is 2.33. The summed E-state index contributed by atoms with van der Waals surface area (Å²) in [5.41, 5.74) is 8.12. The third-order valence-corrected chi connectivity index (χ3v) is 3.86. The average Bonchev–Trinajstić information content (AvgIpc) is 2.93. The molecule has 0 bridgehead atoms. The molecule has 2 heterocycles. The summed E-state index contributed by atoms with van der Waals surface area (Å²) in [5.74, 6) is 1.66. The number of hydrogen-bond acceptors (Lipinski definition) is 6. The van der Waals surface area contributed by atoms with Crippen molar-refractivity contribution >= 4 is 39.4 Å². The van der Waals surface area contributed by atoms with Gasteiger partial charge in [0.1, 0.15) is 23.0 Å². The fourth-order valence-electron chi connectivity index (χ4n) is 2.86. The first-order chi connectivity index (χ1) is 12.1. The van der Waals surface area contributed by atoms with Gasteiger partial charge in [0.05, 0.1) is 12.0 Å². The smallest absolute Gasteiger partial charge is 0.224 e. The zero-order chi connectivity index (χ0) is 17.4. The van der Waals surface area contributed by atoms with Crippen molar-refractivity contribution in [2.24, 2.45) is 0 Å². The first-order valence-corrected chi connectivity index (χ1v) is 7.92. The Morgan fingerprint density at radius 1 is 1.20 bits per heavy atom. The molecule has 5 N–H and O–H groups in total. The highest BCUT2D eigenvalue weighted by molar-refractivity contribution is 6.12. The van der Waals surface area contributed by atoms with Gasteiger partial charge >= 0.3 is 0 Å². The molecule has 0 saturated heterocycles. The first-order valence-electron chi connectivity index (χ1n) is 7.92. The molecule has 7 nitrogen and oxygen atoms in total. The highest BCUT2D eigenvalue weighted by Gasteiger charge is 2.14. The molecule has 0 saturated carbocycles. The van der Waals surface area contributed by atoms with E-state index in [0.717, 1.165) is 27.7 Å². The molecular formula is C18H17N5O2. The molecule has 4 rings (SSSR count). The van der Waals surface area contributed by atoms with Crippen LogP contribution in [-0.4, -0.2) is 26.7 Å². The van der Waals surface area contributed by atoms with E-state index in [1.165, 1.54) is 0 Å². The van der Waals surface area contributed by atoms with Crippen molar-refractivity contribution < 1.29 is 9.84 Å². The van der Waals surface area contributed by atoms with E-state index in [9.17, 15) is 5.11 Å². The number of phenols is 1. The number of fused-ring (bicyclic) bond motifs is 3. The number of aromatic hydroxyl groups is 1. The molecule has 0 radical (unpaired) electrons. The minimum absolute atomic E-state index is 0.159. The number of nitrogens with zero attached hydrogens (tertiary/aromatic N) is 2. The quantitative estimate of drug-likeness (QED) is 0.454. The van der Waals surface area contributed by atoms with Gasteiger partial charge in [-0.1, -0.05) is 6.07 Å². The maximum atomic E-state index is 9.82. The zero-order valence-corrected chi connectivity index (χ0v) is 13.6. The minimum atomic E-state index is 0.159. The van der Waals surface area contributed by atoms with Crippen LogP contribution in [0.2, 0.25) is 0 Å². The third kappa shape index (κ3) is 2.76. The van der Waals surface area contributed by atoms with Crippen molar-refractivity contribution in [2.75, 3.05) is 17.7 Å².